The van der Waals surface area contributed by atoms with Crippen LogP contribution < -0.4 is 9.62 Å². The number of anilines is 1. The van der Waals surface area contributed by atoms with Crippen molar-refractivity contribution in [3.8, 4) is 0 Å². The van der Waals surface area contributed by atoms with E-state index in [0.29, 0.717) is 25.8 Å². The first-order valence-electron chi connectivity index (χ1n) is 13.3. The Bertz CT molecular complexity index is 1510. The topological polar surface area (TPSA) is 86.8 Å². The van der Waals surface area contributed by atoms with E-state index in [1.165, 1.54) is 17.0 Å². The molecule has 11 heteroatoms. The molecule has 1 saturated carbocycles. The lowest BCUT2D eigenvalue weighted by Gasteiger charge is -2.32. The zero-order valence-corrected chi connectivity index (χ0v) is 26.7. The SMILES string of the molecule is Cc1ccc(S(=O)(=O)N(CC(=O)N(Cc2ccc(Cl)c(Cl)c2)C(C)C(=O)NC2CCCC2)c2cccc(Br)c2)cc1. The van der Waals surface area contributed by atoms with Crippen molar-refractivity contribution in [3.05, 3.63) is 92.4 Å². The molecule has 41 heavy (non-hydrogen) atoms. The standard InChI is InChI=1S/C30H32BrCl2N3O4S/c1-20-10-13-26(14-11-20)41(39,40)36(25-9-5-6-23(31)17-25)19-29(37)35(18-22-12-15-27(32)28(33)16-22)21(2)30(38)34-24-7-3-4-8-24/h5-6,9-17,21,24H,3-4,7-8,18-19H2,1-2H3,(H,34,38). The highest BCUT2D eigenvalue weighted by molar-refractivity contribution is 9.10. The summed E-state index contributed by atoms with van der Waals surface area (Å²) in [5, 5.41) is 3.74. The number of nitrogens with one attached hydrogen (secondary N) is 1. The van der Waals surface area contributed by atoms with Crippen LogP contribution in [0.2, 0.25) is 10.0 Å². The van der Waals surface area contributed by atoms with E-state index in [1.54, 1.807) is 61.5 Å². The van der Waals surface area contributed by atoms with Gasteiger partial charge in [-0.05, 0) is 74.7 Å². The Labute approximate surface area is 260 Å². The molecule has 0 spiro atoms. The fourth-order valence-corrected chi connectivity index (χ4v) is 6.92. The second-order valence-electron chi connectivity index (χ2n) is 10.2. The fourth-order valence-electron chi connectivity index (χ4n) is 4.81. The number of rotatable bonds is 10. The van der Waals surface area contributed by atoms with E-state index >= 15 is 0 Å². The highest BCUT2D eigenvalue weighted by Crippen LogP contribution is 2.28. The number of carbonyl (C=O) groups excluding carboxylic acids is 2. The van der Waals surface area contributed by atoms with E-state index in [1.807, 2.05) is 6.92 Å². The smallest absolute Gasteiger partial charge is 0.264 e. The van der Waals surface area contributed by atoms with Crippen LogP contribution in [0.4, 0.5) is 5.69 Å². The number of hydrogen-bond donors (Lipinski definition) is 1. The third kappa shape index (κ3) is 7.83. The molecule has 1 atom stereocenters. The summed E-state index contributed by atoms with van der Waals surface area (Å²) >= 11 is 15.8. The van der Waals surface area contributed by atoms with Crippen LogP contribution in [0.25, 0.3) is 0 Å². The zero-order chi connectivity index (χ0) is 29.7. The first-order chi connectivity index (χ1) is 19.5. The van der Waals surface area contributed by atoms with Gasteiger partial charge in [0.05, 0.1) is 20.6 Å². The minimum absolute atomic E-state index is 0.0336. The summed E-state index contributed by atoms with van der Waals surface area (Å²) in [6, 6.07) is 17.4. The molecule has 7 nitrogen and oxygen atoms in total. The van der Waals surface area contributed by atoms with E-state index in [4.69, 9.17) is 23.2 Å². The van der Waals surface area contributed by atoms with Crippen molar-refractivity contribution in [1.82, 2.24) is 10.2 Å². The van der Waals surface area contributed by atoms with Crippen molar-refractivity contribution in [3.63, 3.8) is 0 Å². The predicted octanol–water partition coefficient (Wildman–Crippen LogP) is 6.74. The first-order valence-corrected chi connectivity index (χ1v) is 16.3. The van der Waals surface area contributed by atoms with Crippen LogP contribution in [0.1, 0.15) is 43.7 Å². The van der Waals surface area contributed by atoms with Crippen molar-refractivity contribution in [1.29, 1.82) is 0 Å². The lowest BCUT2D eigenvalue weighted by atomic mass is 10.1. The molecule has 1 aliphatic carbocycles. The lowest BCUT2D eigenvalue weighted by Crippen LogP contribution is -2.52. The van der Waals surface area contributed by atoms with Crippen molar-refractivity contribution >= 4 is 66.7 Å². The van der Waals surface area contributed by atoms with Gasteiger partial charge >= 0.3 is 0 Å². The molecule has 3 aromatic carbocycles. The molecule has 218 valence electrons. The van der Waals surface area contributed by atoms with Gasteiger partial charge in [-0.2, -0.15) is 0 Å². The molecule has 0 bridgehead atoms. The maximum absolute atomic E-state index is 14.1. The van der Waals surface area contributed by atoms with Crippen LogP contribution in [0, 0.1) is 6.92 Å². The van der Waals surface area contributed by atoms with Gasteiger partial charge in [0.25, 0.3) is 10.0 Å². The molecule has 0 heterocycles. The molecule has 1 fully saturated rings. The summed E-state index contributed by atoms with van der Waals surface area (Å²) in [5.74, 6) is -0.832. The third-order valence-electron chi connectivity index (χ3n) is 7.19. The Kier molecular flexibility index (Phi) is 10.4. The quantitative estimate of drug-likeness (QED) is 0.257. The van der Waals surface area contributed by atoms with Crippen LogP contribution >= 0.6 is 39.1 Å². The molecular formula is C30H32BrCl2N3O4S. The van der Waals surface area contributed by atoms with Crippen LogP contribution in [-0.4, -0.2) is 43.8 Å². The largest absolute Gasteiger partial charge is 0.352 e. The van der Waals surface area contributed by atoms with Crippen molar-refractivity contribution < 1.29 is 18.0 Å². The van der Waals surface area contributed by atoms with Gasteiger partial charge in [0.2, 0.25) is 11.8 Å². The number of aryl methyl sites for hydroxylation is 1. The van der Waals surface area contributed by atoms with E-state index in [-0.39, 0.29) is 23.4 Å². The molecule has 0 radical (unpaired) electrons. The minimum Gasteiger partial charge on any atom is -0.352 e. The van der Waals surface area contributed by atoms with E-state index in [0.717, 1.165) is 35.6 Å². The number of halogens is 3. The first kappa shape index (κ1) is 31.3. The normalized spacial score (nSPS) is 14.5. The Morgan fingerprint density at radius 1 is 1.00 bits per heavy atom. The van der Waals surface area contributed by atoms with Crippen LogP contribution in [0.5, 0.6) is 0 Å². The highest BCUT2D eigenvalue weighted by atomic mass is 79.9. The van der Waals surface area contributed by atoms with E-state index in [9.17, 15) is 18.0 Å². The second-order valence-corrected chi connectivity index (χ2v) is 13.8. The van der Waals surface area contributed by atoms with Gasteiger partial charge in [-0.25, -0.2) is 8.42 Å². The average molecular weight is 681 g/mol. The van der Waals surface area contributed by atoms with Gasteiger partial charge < -0.3 is 10.2 Å². The highest BCUT2D eigenvalue weighted by Gasteiger charge is 2.33. The summed E-state index contributed by atoms with van der Waals surface area (Å²) in [6.45, 7) is 3.03. The molecule has 0 aromatic heterocycles. The Balaban J connectivity index is 1.70. The van der Waals surface area contributed by atoms with E-state index < -0.39 is 28.5 Å². The number of hydrogen-bond acceptors (Lipinski definition) is 4. The molecule has 0 saturated heterocycles. The van der Waals surface area contributed by atoms with Crippen LogP contribution in [0.3, 0.4) is 0 Å². The van der Waals surface area contributed by atoms with Gasteiger partial charge in [0, 0.05) is 17.1 Å². The molecule has 1 aliphatic rings. The average Bonchev–Trinajstić information content (AvgIpc) is 3.45. The number of amides is 2. The molecule has 0 aliphatic heterocycles. The monoisotopic (exact) mass is 679 g/mol. The lowest BCUT2D eigenvalue weighted by molar-refractivity contribution is -0.139. The van der Waals surface area contributed by atoms with Gasteiger partial charge in [-0.15, -0.1) is 0 Å². The second kappa shape index (κ2) is 13.6. The minimum atomic E-state index is -4.14. The van der Waals surface area contributed by atoms with Gasteiger partial charge in [-0.1, -0.05) is 81.8 Å². The molecule has 3 aromatic rings. The number of sulfonamides is 1. The molecule has 2 amide bonds. The number of benzene rings is 3. The molecule has 1 N–H and O–H groups in total. The maximum atomic E-state index is 14.1. The molecular weight excluding hydrogens is 649 g/mol. The summed E-state index contributed by atoms with van der Waals surface area (Å²) in [6.07, 6.45) is 3.88. The maximum Gasteiger partial charge on any atom is 0.264 e. The van der Waals surface area contributed by atoms with Gasteiger partial charge in [0.1, 0.15) is 12.6 Å². The van der Waals surface area contributed by atoms with Crippen molar-refractivity contribution in [2.45, 2.75) is 63.1 Å². The Morgan fingerprint density at radius 3 is 2.32 bits per heavy atom. The third-order valence-corrected chi connectivity index (χ3v) is 10.2. The Morgan fingerprint density at radius 2 is 1.68 bits per heavy atom. The summed E-state index contributed by atoms with van der Waals surface area (Å²) in [7, 11) is -4.14. The van der Waals surface area contributed by atoms with E-state index in [2.05, 4.69) is 21.2 Å². The molecule has 1 unspecified atom stereocenters. The van der Waals surface area contributed by atoms with Crippen LogP contribution in [-0.2, 0) is 26.2 Å². The van der Waals surface area contributed by atoms with Crippen LogP contribution in [0.15, 0.2) is 76.1 Å². The zero-order valence-electron chi connectivity index (χ0n) is 22.8. The van der Waals surface area contributed by atoms with Gasteiger partial charge in [-0.3, -0.25) is 13.9 Å². The number of nitrogens with zero attached hydrogens (tertiary/aromatic N) is 2. The summed E-state index contributed by atoms with van der Waals surface area (Å²) in [5.41, 5.74) is 1.87. The molecule has 4 rings (SSSR count). The van der Waals surface area contributed by atoms with Gasteiger partial charge in [0.15, 0.2) is 0 Å². The Hall–Kier alpha value is -2.59. The summed E-state index contributed by atoms with van der Waals surface area (Å²) in [4.78, 5) is 28.8. The predicted molar refractivity (Wildman–Crippen MR) is 167 cm³/mol. The van der Waals surface area contributed by atoms with Crippen molar-refractivity contribution in [2.24, 2.45) is 0 Å². The fraction of sp³-hybridized carbons (Fsp3) is 0.333. The van der Waals surface area contributed by atoms with Crippen molar-refractivity contribution in [2.75, 3.05) is 10.8 Å². The summed E-state index contributed by atoms with van der Waals surface area (Å²) < 4.78 is 29.6. The number of carbonyl (C=O) groups is 2.